The van der Waals surface area contributed by atoms with Gasteiger partial charge in [-0.15, -0.1) is 0 Å². The van der Waals surface area contributed by atoms with E-state index in [1.54, 1.807) is 0 Å². The molecule has 1 aliphatic heterocycles. The fourth-order valence-electron chi connectivity index (χ4n) is 3.80. The van der Waals surface area contributed by atoms with Gasteiger partial charge in [0.25, 0.3) is 0 Å². The van der Waals surface area contributed by atoms with Gasteiger partial charge in [0, 0.05) is 36.0 Å². The van der Waals surface area contributed by atoms with Crippen LogP contribution >= 0.6 is 0 Å². The predicted octanol–water partition coefficient (Wildman–Crippen LogP) is 4.11. The summed E-state index contributed by atoms with van der Waals surface area (Å²) in [4.78, 5) is 15.0. The largest absolute Gasteiger partial charge is 0.490 e. The molecule has 32 heavy (non-hydrogen) atoms. The summed E-state index contributed by atoms with van der Waals surface area (Å²) in [6.07, 6.45) is 0.845. The van der Waals surface area contributed by atoms with Crippen molar-refractivity contribution in [2.45, 2.75) is 39.8 Å². The summed E-state index contributed by atoms with van der Waals surface area (Å²) in [5, 5.41) is 7.72. The lowest BCUT2D eigenvalue weighted by Crippen LogP contribution is -2.39. The number of aryl methyl sites for hydroxylation is 1. The van der Waals surface area contributed by atoms with Crippen LogP contribution in [0.2, 0.25) is 0 Å². The molecule has 4 rings (SSSR count). The molecule has 3 aromatic rings. The van der Waals surface area contributed by atoms with Crippen molar-refractivity contribution in [3.8, 4) is 17.2 Å². The van der Waals surface area contributed by atoms with Crippen molar-refractivity contribution in [2.75, 3.05) is 25.6 Å². The summed E-state index contributed by atoms with van der Waals surface area (Å²) < 4.78 is 13.3. The second-order valence-electron chi connectivity index (χ2n) is 8.19. The molecule has 0 spiro atoms. The van der Waals surface area contributed by atoms with E-state index in [2.05, 4.69) is 12.2 Å². The molecule has 0 fully saturated rings. The third-order valence-electron chi connectivity index (χ3n) is 5.91. The van der Waals surface area contributed by atoms with E-state index in [1.165, 1.54) is 0 Å². The van der Waals surface area contributed by atoms with Gasteiger partial charge in [-0.1, -0.05) is 18.2 Å². The number of hydrogen-bond donors (Lipinski definition) is 1. The van der Waals surface area contributed by atoms with Gasteiger partial charge in [-0.2, -0.15) is 5.10 Å². The Morgan fingerprint density at radius 1 is 1.12 bits per heavy atom. The minimum absolute atomic E-state index is 0.0762. The van der Waals surface area contributed by atoms with Gasteiger partial charge in [-0.05, 0) is 52.1 Å². The molecular weight excluding hydrogens is 404 g/mol. The van der Waals surface area contributed by atoms with Crippen LogP contribution in [0.25, 0.3) is 5.69 Å². The molecule has 1 unspecified atom stereocenters. The van der Waals surface area contributed by atoms with Crippen LogP contribution in [-0.4, -0.2) is 46.9 Å². The third-order valence-corrected chi connectivity index (χ3v) is 5.91. The number of carbonyl (C=O) groups excluding carboxylic acids is 1. The molecule has 0 radical (unpaired) electrons. The molecule has 0 bridgehead atoms. The van der Waals surface area contributed by atoms with Crippen molar-refractivity contribution in [3.05, 3.63) is 65.5 Å². The number of carbonyl (C=O) groups is 1. The van der Waals surface area contributed by atoms with Crippen LogP contribution < -0.4 is 14.8 Å². The van der Waals surface area contributed by atoms with Crippen molar-refractivity contribution in [1.82, 2.24) is 14.7 Å². The van der Waals surface area contributed by atoms with Gasteiger partial charge in [0.05, 0.1) is 30.6 Å². The molecule has 168 valence electrons. The van der Waals surface area contributed by atoms with E-state index in [1.807, 2.05) is 79.0 Å². The van der Waals surface area contributed by atoms with Gasteiger partial charge in [-0.25, -0.2) is 4.68 Å². The lowest BCUT2D eigenvalue weighted by molar-refractivity contribution is -0.120. The minimum atomic E-state index is -0.329. The predicted molar refractivity (Wildman–Crippen MR) is 125 cm³/mol. The summed E-state index contributed by atoms with van der Waals surface area (Å²) in [7, 11) is 1.96. The fourth-order valence-corrected chi connectivity index (χ4v) is 3.80. The van der Waals surface area contributed by atoms with Crippen LogP contribution in [0.15, 0.2) is 48.5 Å². The Hall–Kier alpha value is -3.32. The first kappa shape index (κ1) is 21.9. The maximum absolute atomic E-state index is 12.9. The zero-order valence-electron chi connectivity index (χ0n) is 19.1. The first-order valence-electron chi connectivity index (χ1n) is 11.0. The van der Waals surface area contributed by atoms with E-state index in [0.717, 1.165) is 29.1 Å². The number of benzene rings is 2. The Bertz CT molecular complexity index is 1090. The lowest BCUT2D eigenvalue weighted by Gasteiger charge is -2.24. The maximum atomic E-state index is 12.9. The van der Waals surface area contributed by atoms with Gasteiger partial charge in [0.2, 0.25) is 5.91 Å². The SMILES string of the molecule is Cc1nn(-c2ccccc2)c(C)c1CN(C)C(C)C(=O)Nc1ccc2c(c1)OCCCO2. The highest BCUT2D eigenvalue weighted by atomic mass is 16.5. The Kier molecular flexibility index (Phi) is 6.46. The monoisotopic (exact) mass is 434 g/mol. The van der Waals surface area contributed by atoms with E-state index >= 15 is 0 Å². The number of nitrogens with one attached hydrogen (secondary N) is 1. The number of hydrogen-bond acceptors (Lipinski definition) is 5. The second-order valence-corrected chi connectivity index (χ2v) is 8.19. The third kappa shape index (κ3) is 4.62. The molecule has 2 aromatic carbocycles. The topological polar surface area (TPSA) is 68.6 Å². The first-order chi connectivity index (χ1) is 15.4. The van der Waals surface area contributed by atoms with Crippen LogP contribution in [0.5, 0.6) is 11.5 Å². The quantitative estimate of drug-likeness (QED) is 0.632. The average molecular weight is 435 g/mol. The molecule has 0 saturated carbocycles. The Morgan fingerprint density at radius 3 is 2.59 bits per heavy atom. The molecule has 0 saturated heterocycles. The Balaban J connectivity index is 1.44. The number of para-hydroxylation sites is 1. The van der Waals surface area contributed by atoms with Gasteiger partial charge < -0.3 is 14.8 Å². The smallest absolute Gasteiger partial charge is 0.241 e. The highest BCUT2D eigenvalue weighted by molar-refractivity contribution is 5.94. The van der Waals surface area contributed by atoms with Crippen LogP contribution in [-0.2, 0) is 11.3 Å². The highest BCUT2D eigenvalue weighted by Gasteiger charge is 2.22. The molecule has 0 aliphatic carbocycles. The number of nitrogens with zero attached hydrogens (tertiary/aromatic N) is 3. The molecule has 1 atom stereocenters. The number of aromatic nitrogens is 2. The molecule has 7 nitrogen and oxygen atoms in total. The standard InChI is InChI=1S/C25H30N4O3/c1-17-22(18(2)29(27-17)21-9-6-5-7-10-21)16-28(4)19(3)25(30)26-20-11-12-23-24(15-20)32-14-8-13-31-23/h5-7,9-12,15,19H,8,13-14,16H2,1-4H3,(H,26,30). The van der Waals surface area contributed by atoms with E-state index in [0.29, 0.717) is 36.9 Å². The highest BCUT2D eigenvalue weighted by Crippen LogP contribution is 2.32. The summed E-state index contributed by atoms with van der Waals surface area (Å²) in [5.41, 5.74) is 4.90. The zero-order valence-corrected chi connectivity index (χ0v) is 19.1. The van der Waals surface area contributed by atoms with Gasteiger partial charge in [-0.3, -0.25) is 9.69 Å². The van der Waals surface area contributed by atoms with Crippen molar-refractivity contribution in [3.63, 3.8) is 0 Å². The minimum Gasteiger partial charge on any atom is -0.490 e. The van der Waals surface area contributed by atoms with Crippen molar-refractivity contribution in [1.29, 1.82) is 0 Å². The normalized spacial score (nSPS) is 14.2. The van der Waals surface area contributed by atoms with Crippen LogP contribution in [0.3, 0.4) is 0 Å². The number of likely N-dealkylation sites (N-methyl/N-ethyl adjacent to an activating group) is 1. The Labute approximate surface area is 188 Å². The summed E-state index contributed by atoms with van der Waals surface area (Å²) >= 11 is 0. The lowest BCUT2D eigenvalue weighted by atomic mass is 10.1. The van der Waals surface area contributed by atoms with Crippen LogP contribution in [0.4, 0.5) is 5.69 Å². The summed E-state index contributed by atoms with van der Waals surface area (Å²) in [6.45, 7) is 7.86. The van der Waals surface area contributed by atoms with E-state index in [-0.39, 0.29) is 11.9 Å². The number of rotatable bonds is 6. The van der Waals surface area contributed by atoms with Crippen molar-refractivity contribution in [2.24, 2.45) is 0 Å². The van der Waals surface area contributed by atoms with Gasteiger partial charge in [0.1, 0.15) is 0 Å². The van der Waals surface area contributed by atoms with Crippen molar-refractivity contribution >= 4 is 11.6 Å². The molecule has 1 aliphatic rings. The van der Waals surface area contributed by atoms with Crippen molar-refractivity contribution < 1.29 is 14.3 Å². The fraction of sp³-hybridized carbons (Fsp3) is 0.360. The second kappa shape index (κ2) is 9.44. The number of ether oxygens (including phenoxy) is 2. The van der Waals surface area contributed by atoms with Crippen LogP contribution in [0.1, 0.15) is 30.3 Å². The molecule has 1 aromatic heterocycles. The number of anilines is 1. The summed E-state index contributed by atoms with van der Waals surface area (Å²) in [5.74, 6) is 1.31. The van der Waals surface area contributed by atoms with E-state index in [4.69, 9.17) is 14.6 Å². The molecule has 7 heteroatoms. The number of amides is 1. The molecular formula is C25H30N4O3. The maximum Gasteiger partial charge on any atom is 0.241 e. The Morgan fingerprint density at radius 2 is 1.84 bits per heavy atom. The van der Waals surface area contributed by atoms with E-state index in [9.17, 15) is 4.79 Å². The molecule has 1 N–H and O–H groups in total. The number of fused-ring (bicyclic) bond motifs is 1. The van der Waals surface area contributed by atoms with Gasteiger partial charge >= 0.3 is 0 Å². The van der Waals surface area contributed by atoms with Gasteiger partial charge in [0.15, 0.2) is 11.5 Å². The van der Waals surface area contributed by atoms with Crippen LogP contribution in [0, 0.1) is 13.8 Å². The first-order valence-corrected chi connectivity index (χ1v) is 11.0. The summed E-state index contributed by atoms with van der Waals surface area (Å²) in [6, 6.07) is 15.3. The van der Waals surface area contributed by atoms with E-state index < -0.39 is 0 Å². The molecule has 1 amide bonds. The zero-order chi connectivity index (χ0) is 22.7. The molecule has 2 heterocycles. The average Bonchev–Trinajstić information content (AvgIpc) is 2.96.